The molecule has 2 amide bonds. The van der Waals surface area contributed by atoms with E-state index < -0.39 is 16.9 Å². The third-order valence-corrected chi connectivity index (χ3v) is 4.04. The number of carbonyl (C=O) groups is 2. The molecular formula is C20H18N6O5. The van der Waals surface area contributed by atoms with Crippen LogP contribution in [-0.2, 0) is 4.79 Å². The fraction of sp³-hybridized carbons (Fsp3) is 0.150. The van der Waals surface area contributed by atoms with Crippen LogP contribution in [0.25, 0.3) is 0 Å². The number of nitrogens with zero attached hydrogens (tertiary/aromatic N) is 6. The zero-order valence-electron chi connectivity index (χ0n) is 16.7. The number of non-ortho nitro benzene ring substituents is 1. The molecule has 1 aliphatic heterocycles. The smallest absolute Gasteiger partial charge is 0.408 e. The van der Waals surface area contributed by atoms with Gasteiger partial charge in [0.2, 0.25) is 0 Å². The van der Waals surface area contributed by atoms with Crippen molar-refractivity contribution >= 4 is 35.8 Å². The molecule has 11 nitrogen and oxygen atoms in total. The number of hydrogen-bond acceptors (Lipinski definition) is 8. The van der Waals surface area contributed by atoms with E-state index in [2.05, 4.69) is 15.0 Å². The maximum absolute atomic E-state index is 12.5. The number of benzene rings is 1. The topological polar surface area (TPSA) is 131 Å². The summed E-state index contributed by atoms with van der Waals surface area (Å²) < 4.78 is 5.20. The van der Waals surface area contributed by atoms with Crippen LogP contribution in [0.15, 0.2) is 64.5 Å². The van der Waals surface area contributed by atoms with E-state index in [-0.39, 0.29) is 22.8 Å². The summed E-state index contributed by atoms with van der Waals surface area (Å²) in [6.07, 6.45) is 5.03. The van der Waals surface area contributed by atoms with Crippen molar-refractivity contribution in [1.29, 1.82) is 0 Å². The molecule has 11 heteroatoms. The normalized spacial score (nSPS) is 13.1. The molecule has 0 spiro atoms. The van der Waals surface area contributed by atoms with Crippen molar-refractivity contribution in [3.63, 3.8) is 0 Å². The molecule has 0 fully saturated rings. The molecule has 0 aliphatic carbocycles. The van der Waals surface area contributed by atoms with Crippen molar-refractivity contribution in [2.75, 3.05) is 25.5 Å². The van der Waals surface area contributed by atoms with Gasteiger partial charge in [-0.25, -0.2) is 9.79 Å². The molecule has 0 saturated heterocycles. The highest BCUT2D eigenvalue weighted by Crippen LogP contribution is 2.23. The van der Waals surface area contributed by atoms with Gasteiger partial charge in [-0.05, 0) is 18.2 Å². The number of pyridine rings is 1. The zero-order valence-corrected chi connectivity index (χ0v) is 16.7. The fourth-order valence-corrected chi connectivity index (χ4v) is 2.49. The number of nitro benzene ring substituents is 1. The Labute approximate surface area is 177 Å². The first-order valence-corrected chi connectivity index (χ1v) is 9.03. The molecule has 0 N–H and O–H groups in total. The van der Waals surface area contributed by atoms with E-state index in [1.165, 1.54) is 62.0 Å². The Morgan fingerprint density at radius 2 is 2.10 bits per heavy atom. The lowest BCUT2D eigenvalue weighted by Gasteiger charge is -2.21. The Hall–Kier alpha value is -4.41. The van der Waals surface area contributed by atoms with Crippen LogP contribution in [0.1, 0.15) is 5.69 Å². The molecule has 2 heterocycles. The summed E-state index contributed by atoms with van der Waals surface area (Å²) in [6, 6.07) is 9.15. The first-order valence-electron chi connectivity index (χ1n) is 9.03. The number of anilines is 1. The highest BCUT2D eigenvalue weighted by atomic mass is 16.6. The largest absolute Gasteiger partial charge is 0.414 e. The van der Waals surface area contributed by atoms with Crippen LogP contribution in [0, 0.1) is 10.1 Å². The van der Waals surface area contributed by atoms with Crippen LogP contribution >= 0.6 is 0 Å². The molecule has 3 rings (SSSR count). The predicted octanol–water partition coefficient (Wildman–Crippen LogP) is 2.43. The number of nitro groups is 1. The van der Waals surface area contributed by atoms with Crippen molar-refractivity contribution in [2.24, 2.45) is 9.98 Å². The minimum Gasteiger partial charge on any atom is -0.408 e. The first kappa shape index (κ1) is 21.3. The highest BCUT2D eigenvalue weighted by molar-refractivity contribution is 6.03. The molecule has 0 saturated carbocycles. The average molecular weight is 422 g/mol. The summed E-state index contributed by atoms with van der Waals surface area (Å²) in [7, 11) is 3.08. The lowest BCUT2D eigenvalue weighted by molar-refractivity contribution is -0.384. The summed E-state index contributed by atoms with van der Waals surface area (Å²) in [4.78, 5) is 49.7. The number of rotatable bonds is 5. The summed E-state index contributed by atoms with van der Waals surface area (Å²) in [6.45, 7) is 0.340. The number of aromatic nitrogens is 1. The SMILES string of the molecule is CN(C)C(=O)Oc1cccnc1C=NC(=O)C1=CN(c2cccc([N+](=O)[O-])c2)CC=N1. The molecular weight excluding hydrogens is 404 g/mol. The highest BCUT2D eigenvalue weighted by Gasteiger charge is 2.17. The van der Waals surface area contributed by atoms with Crippen LogP contribution in [0.4, 0.5) is 16.2 Å². The van der Waals surface area contributed by atoms with Crippen LogP contribution in [0.3, 0.4) is 0 Å². The molecule has 0 unspecified atom stereocenters. The van der Waals surface area contributed by atoms with Gasteiger partial charge in [-0.2, -0.15) is 0 Å². The second kappa shape index (κ2) is 9.39. The maximum atomic E-state index is 12.5. The van der Waals surface area contributed by atoms with Gasteiger partial charge in [-0.15, -0.1) is 0 Å². The molecule has 1 aromatic carbocycles. The lowest BCUT2D eigenvalue weighted by Crippen LogP contribution is -2.25. The van der Waals surface area contributed by atoms with Crippen molar-refractivity contribution in [2.45, 2.75) is 0 Å². The van der Waals surface area contributed by atoms with E-state index >= 15 is 0 Å². The quantitative estimate of drug-likeness (QED) is 0.411. The Bertz CT molecular complexity index is 1110. The Morgan fingerprint density at radius 3 is 2.84 bits per heavy atom. The zero-order chi connectivity index (χ0) is 22.4. The molecule has 2 aromatic rings. The molecule has 0 atom stereocenters. The summed E-state index contributed by atoms with van der Waals surface area (Å²) >= 11 is 0. The van der Waals surface area contributed by atoms with Crippen molar-refractivity contribution in [3.05, 3.63) is 70.3 Å². The number of hydrogen-bond donors (Lipinski definition) is 0. The number of carbonyl (C=O) groups excluding carboxylic acids is 2. The van der Waals surface area contributed by atoms with Gasteiger partial charge in [0.05, 0.1) is 17.7 Å². The van der Waals surface area contributed by atoms with E-state index in [0.29, 0.717) is 12.2 Å². The number of ether oxygens (including phenoxy) is 1. The third kappa shape index (κ3) is 5.35. The van der Waals surface area contributed by atoms with Gasteiger partial charge in [0.15, 0.2) is 5.75 Å². The van der Waals surface area contributed by atoms with Gasteiger partial charge in [-0.1, -0.05) is 6.07 Å². The molecule has 31 heavy (non-hydrogen) atoms. The van der Waals surface area contributed by atoms with E-state index in [0.717, 1.165) is 0 Å². The average Bonchev–Trinajstić information content (AvgIpc) is 2.78. The summed E-state index contributed by atoms with van der Waals surface area (Å²) in [5.41, 5.74) is 0.713. The molecule has 1 aliphatic rings. The summed E-state index contributed by atoms with van der Waals surface area (Å²) in [5, 5.41) is 11.0. The molecule has 1 aromatic heterocycles. The van der Waals surface area contributed by atoms with E-state index in [9.17, 15) is 19.7 Å². The lowest BCUT2D eigenvalue weighted by atomic mass is 10.2. The molecule has 0 bridgehead atoms. The van der Waals surface area contributed by atoms with Gasteiger partial charge < -0.3 is 14.5 Å². The second-order valence-electron chi connectivity index (χ2n) is 6.47. The van der Waals surface area contributed by atoms with Gasteiger partial charge in [0.1, 0.15) is 11.4 Å². The Kier molecular flexibility index (Phi) is 6.45. The van der Waals surface area contributed by atoms with Crippen molar-refractivity contribution in [1.82, 2.24) is 9.88 Å². The minimum atomic E-state index is -0.651. The Morgan fingerprint density at radius 1 is 1.29 bits per heavy atom. The predicted molar refractivity (Wildman–Crippen MR) is 114 cm³/mol. The number of amides is 2. The minimum absolute atomic E-state index is 0.0387. The van der Waals surface area contributed by atoms with Crippen molar-refractivity contribution in [3.8, 4) is 5.75 Å². The van der Waals surface area contributed by atoms with Crippen LogP contribution in [0.5, 0.6) is 5.75 Å². The monoisotopic (exact) mass is 422 g/mol. The first-order chi connectivity index (χ1) is 14.8. The van der Waals surface area contributed by atoms with Crippen LogP contribution in [-0.4, -0.2) is 59.9 Å². The van der Waals surface area contributed by atoms with E-state index in [4.69, 9.17) is 4.74 Å². The van der Waals surface area contributed by atoms with Gasteiger partial charge in [-0.3, -0.25) is 24.9 Å². The van der Waals surface area contributed by atoms with Crippen LogP contribution < -0.4 is 9.64 Å². The van der Waals surface area contributed by atoms with Gasteiger partial charge in [0.25, 0.3) is 11.6 Å². The van der Waals surface area contributed by atoms with Crippen molar-refractivity contribution < 1.29 is 19.2 Å². The summed E-state index contributed by atoms with van der Waals surface area (Å²) in [5.74, 6) is -0.501. The van der Waals surface area contributed by atoms with Gasteiger partial charge in [0, 0.05) is 50.5 Å². The standard InChI is InChI=1S/C20H18N6O5/c1-24(2)20(28)31-18-7-4-8-21-16(18)12-23-19(27)17-13-25(10-9-22-17)14-5-3-6-15(11-14)26(29)30/h3-9,11-13H,10H2,1-2H3. The van der Waals surface area contributed by atoms with Gasteiger partial charge >= 0.3 is 6.09 Å². The Balaban J connectivity index is 1.78. The molecule has 158 valence electrons. The second-order valence-corrected chi connectivity index (χ2v) is 6.47. The maximum Gasteiger partial charge on any atom is 0.414 e. The van der Waals surface area contributed by atoms with E-state index in [1.807, 2.05) is 0 Å². The van der Waals surface area contributed by atoms with E-state index in [1.54, 1.807) is 23.1 Å². The number of aliphatic imine (C=N–C) groups is 2. The molecule has 0 radical (unpaired) electrons. The van der Waals surface area contributed by atoms with Crippen LogP contribution in [0.2, 0.25) is 0 Å². The fourth-order valence-electron chi connectivity index (χ4n) is 2.49. The third-order valence-electron chi connectivity index (χ3n) is 4.04.